The van der Waals surface area contributed by atoms with Gasteiger partial charge in [-0.2, -0.15) is 0 Å². The Balaban J connectivity index is 0.941. The van der Waals surface area contributed by atoms with Crippen LogP contribution >= 0.6 is 11.6 Å². The van der Waals surface area contributed by atoms with Gasteiger partial charge < -0.3 is 19.4 Å². The lowest BCUT2D eigenvalue weighted by Gasteiger charge is -2.58. The lowest BCUT2D eigenvalue weighted by Crippen LogP contribution is -2.60. The normalized spacial score (nSPS) is 19.6. The average molecular weight is 718 g/mol. The first-order valence-corrected chi connectivity index (χ1v) is 19.0. The SMILES string of the molecule is COc1ccc(CN2CCN(C3CC4(CCN(c5ccc(C=O)c(Oc6cnc7[nH]ccc7c6)c5)CC4)C3)C(c3ccccc3C(C)C)C2)cc1Cl. The van der Waals surface area contributed by atoms with Crippen molar-refractivity contribution in [2.45, 2.75) is 64.1 Å². The molecule has 2 saturated heterocycles. The molecule has 3 fully saturated rings. The first kappa shape index (κ1) is 34.7. The highest BCUT2D eigenvalue weighted by Crippen LogP contribution is 2.53. The van der Waals surface area contributed by atoms with E-state index in [4.69, 9.17) is 21.1 Å². The van der Waals surface area contributed by atoms with Crippen LogP contribution in [0.25, 0.3) is 11.0 Å². The summed E-state index contributed by atoms with van der Waals surface area (Å²) in [6, 6.07) is 26.1. The van der Waals surface area contributed by atoms with E-state index in [0.29, 0.717) is 45.5 Å². The molecule has 8 rings (SSSR count). The lowest BCUT2D eigenvalue weighted by atomic mass is 9.59. The number of aldehydes is 1. The molecule has 0 radical (unpaired) electrons. The first-order valence-electron chi connectivity index (χ1n) is 18.7. The fourth-order valence-electron chi connectivity index (χ4n) is 8.95. The summed E-state index contributed by atoms with van der Waals surface area (Å²) >= 11 is 6.52. The zero-order valence-electron chi connectivity index (χ0n) is 30.4. The zero-order chi connectivity index (χ0) is 35.8. The van der Waals surface area contributed by atoms with Gasteiger partial charge in [0, 0.05) is 74.7 Å². The molecule has 8 nitrogen and oxygen atoms in total. The largest absolute Gasteiger partial charge is 0.495 e. The number of benzene rings is 3. The number of H-pyrrole nitrogens is 1. The molecule has 0 bridgehead atoms. The number of carbonyl (C=O) groups is 1. The summed E-state index contributed by atoms with van der Waals surface area (Å²) in [7, 11) is 1.66. The molecule has 3 aliphatic rings. The minimum Gasteiger partial charge on any atom is -0.495 e. The van der Waals surface area contributed by atoms with Crippen LogP contribution in [0.1, 0.15) is 78.5 Å². The van der Waals surface area contributed by atoms with Gasteiger partial charge in [0.05, 0.1) is 23.9 Å². The van der Waals surface area contributed by atoms with Crippen LogP contribution < -0.4 is 14.4 Å². The van der Waals surface area contributed by atoms with E-state index in [1.165, 1.54) is 42.4 Å². The maximum Gasteiger partial charge on any atom is 0.153 e. The highest BCUT2D eigenvalue weighted by atomic mass is 35.5. The van der Waals surface area contributed by atoms with Gasteiger partial charge in [-0.1, -0.05) is 55.8 Å². The van der Waals surface area contributed by atoms with Crippen LogP contribution in [0, 0.1) is 5.41 Å². The second-order valence-electron chi connectivity index (χ2n) is 15.3. The van der Waals surface area contributed by atoms with Gasteiger partial charge in [0.25, 0.3) is 0 Å². The van der Waals surface area contributed by atoms with E-state index < -0.39 is 0 Å². The predicted octanol–water partition coefficient (Wildman–Crippen LogP) is 9.26. The molecule has 3 aromatic carbocycles. The summed E-state index contributed by atoms with van der Waals surface area (Å²) in [5.74, 6) is 2.37. The van der Waals surface area contributed by atoms with Gasteiger partial charge in [-0.15, -0.1) is 0 Å². The fraction of sp³-hybridized carbons (Fsp3) is 0.395. The van der Waals surface area contributed by atoms with Crippen molar-refractivity contribution in [2.75, 3.05) is 44.7 Å². The molecular weight excluding hydrogens is 670 g/mol. The van der Waals surface area contributed by atoms with Crippen LogP contribution in [-0.2, 0) is 6.54 Å². The number of methoxy groups -OCH3 is 1. The van der Waals surface area contributed by atoms with E-state index in [9.17, 15) is 4.79 Å². The van der Waals surface area contributed by atoms with E-state index in [-0.39, 0.29) is 0 Å². The van der Waals surface area contributed by atoms with Gasteiger partial charge in [0.1, 0.15) is 22.9 Å². The Kier molecular flexibility index (Phi) is 9.72. The molecule has 2 aromatic heterocycles. The topological polar surface area (TPSA) is 73.9 Å². The number of nitrogens with one attached hydrogen (secondary N) is 1. The van der Waals surface area contributed by atoms with Crippen molar-refractivity contribution in [1.82, 2.24) is 19.8 Å². The summed E-state index contributed by atoms with van der Waals surface area (Å²) in [6.07, 6.45) is 9.27. The maximum absolute atomic E-state index is 11.9. The molecule has 9 heteroatoms. The van der Waals surface area contributed by atoms with Gasteiger partial charge >= 0.3 is 0 Å². The van der Waals surface area contributed by atoms with Crippen molar-refractivity contribution in [3.05, 3.63) is 112 Å². The Morgan fingerprint density at radius 1 is 0.981 bits per heavy atom. The average Bonchev–Trinajstić information content (AvgIpc) is 3.62. The summed E-state index contributed by atoms with van der Waals surface area (Å²) < 4.78 is 11.6. The molecule has 270 valence electrons. The Labute approximate surface area is 311 Å². The number of piperidine rings is 1. The van der Waals surface area contributed by atoms with Crippen molar-refractivity contribution in [3.8, 4) is 17.2 Å². The van der Waals surface area contributed by atoms with E-state index in [1.807, 2.05) is 36.5 Å². The van der Waals surface area contributed by atoms with E-state index in [2.05, 4.69) is 81.0 Å². The quantitative estimate of drug-likeness (QED) is 0.144. The number of piperazine rings is 1. The summed E-state index contributed by atoms with van der Waals surface area (Å²) in [4.78, 5) is 27.4. The monoisotopic (exact) mass is 717 g/mol. The summed E-state index contributed by atoms with van der Waals surface area (Å²) in [5, 5.41) is 1.64. The summed E-state index contributed by atoms with van der Waals surface area (Å²) in [6.45, 7) is 10.6. The number of pyridine rings is 1. The number of aromatic amines is 1. The molecule has 4 heterocycles. The van der Waals surface area contributed by atoms with Gasteiger partial charge in [0.15, 0.2) is 6.29 Å². The van der Waals surface area contributed by atoms with Crippen LogP contribution in [0.2, 0.25) is 5.02 Å². The number of carbonyl (C=O) groups excluding carboxylic acids is 1. The number of ether oxygens (including phenoxy) is 2. The summed E-state index contributed by atoms with van der Waals surface area (Å²) in [5.41, 5.74) is 6.99. The Bertz CT molecular complexity index is 2050. The third kappa shape index (κ3) is 6.92. The third-order valence-corrected chi connectivity index (χ3v) is 12.1. The van der Waals surface area contributed by atoms with Gasteiger partial charge in [-0.25, -0.2) is 4.98 Å². The third-order valence-electron chi connectivity index (χ3n) is 11.8. The van der Waals surface area contributed by atoms with E-state index >= 15 is 0 Å². The van der Waals surface area contributed by atoms with Crippen molar-refractivity contribution in [2.24, 2.45) is 5.41 Å². The molecule has 5 aromatic rings. The van der Waals surface area contributed by atoms with Crippen LogP contribution in [0.3, 0.4) is 0 Å². The van der Waals surface area contributed by atoms with E-state index in [0.717, 1.165) is 68.0 Å². The van der Waals surface area contributed by atoms with E-state index in [1.54, 1.807) is 13.3 Å². The molecule has 1 spiro atoms. The van der Waals surface area contributed by atoms with Crippen LogP contribution in [0.15, 0.2) is 85.2 Å². The number of fused-ring (bicyclic) bond motifs is 1. The van der Waals surface area contributed by atoms with Crippen molar-refractivity contribution >= 4 is 34.6 Å². The van der Waals surface area contributed by atoms with Crippen LogP contribution in [0.5, 0.6) is 17.2 Å². The van der Waals surface area contributed by atoms with Crippen molar-refractivity contribution in [1.29, 1.82) is 0 Å². The second-order valence-corrected chi connectivity index (χ2v) is 15.7. The number of rotatable bonds is 10. The molecule has 1 atom stereocenters. The second kappa shape index (κ2) is 14.6. The number of hydrogen-bond donors (Lipinski definition) is 1. The predicted molar refractivity (Wildman–Crippen MR) is 208 cm³/mol. The molecule has 1 unspecified atom stereocenters. The first-order chi connectivity index (χ1) is 25.3. The zero-order valence-corrected chi connectivity index (χ0v) is 31.1. The molecule has 52 heavy (non-hydrogen) atoms. The number of halogens is 1. The molecule has 1 aliphatic carbocycles. The van der Waals surface area contributed by atoms with Crippen molar-refractivity contribution < 1.29 is 14.3 Å². The van der Waals surface area contributed by atoms with Gasteiger partial charge in [-0.05, 0) is 90.1 Å². The number of hydrogen-bond acceptors (Lipinski definition) is 7. The molecular formula is C43H48ClN5O3. The Morgan fingerprint density at radius 2 is 1.81 bits per heavy atom. The standard InChI is InChI=1S/C43H48ClN5O3/c1-29(2)36-6-4-5-7-37(36)39-27-47(26-30-8-11-40(51-3)38(44)20-30)18-19-49(39)34-23-43(24-34)13-16-48(17-14-43)33-10-9-32(28-50)41(22-33)52-35-21-31-12-15-45-42(31)46-25-35/h4-12,15,20-22,25,28-29,34,39H,13-14,16-19,23-24,26-27H2,1-3H3,(H,45,46). The lowest BCUT2D eigenvalue weighted by molar-refractivity contribution is -0.0628. The van der Waals surface area contributed by atoms with Crippen molar-refractivity contribution in [3.63, 3.8) is 0 Å². The molecule has 1 N–H and O–H groups in total. The minimum absolute atomic E-state index is 0.353. The van der Waals surface area contributed by atoms with Gasteiger partial charge in [-0.3, -0.25) is 14.6 Å². The maximum atomic E-state index is 11.9. The van der Waals surface area contributed by atoms with Crippen LogP contribution in [-0.4, -0.2) is 71.9 Å². The highest BCUT2D eigenvalue weighted by Gasteiger charge is 2.50. The number of anilines is 1. The minimum atomic E-state index is 0.353. The Hall–Kier alpha value is -4.37. The fourth-order valence-corrected chi connectivity index (χ4v) is 9.23. The highest BCUT2D eigenvalue weighted by molar-refractivity contribution is 6.32. The number of aromatic nitrogens is 2. The van der Waals surface area contributed by atoms with Gasteiger partial charge in [0.2, 0.25) is 0 Å². The molecule has 0 amide bonds. The molecule has 2 aliphatic heterocycles. The number of nitrogens with zero attached hydrogens (tertiary/aromatic N) is 4. The smallest absolute Gasteiger partial charge is 0.153 e. The Morgan fingerprint density at radius 3 is 2.58 bits per heavy atom. The van der Waals surface area contributed by atoms with Crippen LogP contribution in [0.4, 0.5) is 5.69 Å². The molecule has 1 saturated carbocycles.